The second kappa shape index (κ2) is 3.66. The Kier molecular flexibility index (Phi) is 2.80. The molecule has 0 heterocycles. The van der Waals surface area contributed by atoms with E-state index in [4.69, 9.17) is 0 Å². The van der Waals surface area contributed by atoms with Gasteiger partial charge in [0, 0.05) is 5.69 Å². The second-order valence-electron chi connectivity index (χ2n) is 2.67. The fourth-order valence-electron chi connectivity index (χ4n) is 0.868. The molecule has 0 unspecified atom stereocenters. The van der Waals surface area contributed by atoms with E-state index in [0.29, 0.717) is 0 Å². The first-order valence-electron chi connectivity index (χ1n) is 3.60. The van der Waals surface area contributed by atoms with Crippen molar-refractivity contribution in [2.24, 2.45) is 0 Å². The lowest BCUT2D eigenvalue weighted by molar-refractivity contribution is 1.64. The number of para-hydroxylation sites is 1. The van der Waals surface area contributed by atoms with Gasteiger partial charge in [-0.15, -0.1) is 0 Å². The molecule has 10 heavy (non-hydrogen) atoms. The Labute approximate surface area is 66.7 Å². The number of rotatable bonds is 2. The van der Waals surface area contributed by atoms with E-state index in [1.54, 1.807) is 0 Å². The van der Waals surface area contributed by atoms with Crippen molar-refractivity contribution in [3.05, 3.63) is 30.3 Å². The highest BCUT2D eigenvalue weighted by molar-refractivity contribution is 6.59. The molecule has 0 radical (unpaired) electrons. The molecule has 0 aliphatic rings. The topological polar surface area (TPSA) is 12.0 Å². The molecule has 0 bridgehead atoms. The molecule has 0 saturated heterocycles. The summed E-state index contributed by atoms with van der Waals surface area (Å²) in [6.07, 6.45) is 0. The van der Waals surface area contributed by atoms with Crippen molar-refractivity contribution in [1.82, 2.24) is 0 Å². The van der Waals surface area contributed by atoms with Crippen LogP contribution < -0.4 is 4.30 Å². The molecule has 0 aliphatic heterocycles. The van der Waals surface area contributed by atoms with Gasteiger partial charge in [-0.1, -0.05) is 29.8 Å². The van der Waals surface area contributed by atoms with Crippen molar-refractivity contribution in [3.8, 4) is 0 Å². The summed E-state index contributed by atoms with van der Waals surface area (Å²) in [6, 6.07) is 10.4. The fourth-order valence-corrected chi connectivity index (χ4v) is 1.73. The van der Waals surface area contributed by atoms with Gasteiger partial charge in [-0.2, -0.15) is 0 Å². The van der Waals surface area contributed by atoms with Crippen molar-refractivity contribution in [2.45, 2.75) is 11.6 Å². The lowest BCUT2D eigenvalue weighted by Crippen LogP contribution is -2.14. The molecule has 0 aliphatic carbocycles. The maximum atomic E-state index is 3.44. The standard InChI is InChI=1S/C6H6N.2CH3.Al/c7-6-4-2-1-3-5-6;;;/h1-5,7H;2*1H3;/q-1;;;+1. The summed E-state index contributed by atoms with van der Waals surface area (Å²) in [4.78, 5) is 0. The Balaban J connectivity index is 2.59. The molecule has 0 aromatic heterocycles. The zero-order chi connectivity index (χ0) is 7.40. The van der Waals surface area contributed by atoms with Gasteiger partial charge in [-0.05, 0) is 12.1 Å². The molecule has 2 heteroatoms. The lowest BCUT2D eigenvalue weighted by Gasteiger charge is -2.04. The second-order valence-corrected chi connectivity index (χ2v) is 5.26. The largest absolute Gasteiger partial charge is 0.476 e. The minimum atomic E-state index is -0.647. The summed E-state index contributed by atoms with van der Waals surface area (Å²) in [5.74, 6) is 4.54. The summed E-state index contributed by atoms with van der Waals surface area (Å²) in [5.41, 5.74) is 1.25. The van der Waals surface area contributed by atoms with Gasteiger partial charge >= 0.3 is 14.4 Å². The van der Waals surface area contributed by atoms with E-state index in [0.717, 1.165) is 0 Å². The third kappa shape index (κ3) is 2.43. The van der Waals surface area contributed by atoms with Crippen LogP contribution in [0.3, 0.4) is 0 Å². The predicted octanol–water partition coefficient (Wildman–Crippen LogP) is 2.35. The summed E-state index contributed by atoms with van der Waals surface area (Å²) in [5, 5.41) is 0. The summed E-state index contributed by atoms with van der Waals surface area (Å²) in [6.45, 7) is 0. The molecule has 0 amide bonds. The number of anilines is 1. The van der Waals surface area contributed by atoms with Crippen LogP contribution in [0.1, 0.15) is 0 Å². The van der Waals surface area contributed by atoms with Gasteiger partial charge in [0.25, 0.3) is 0 Å². The molecular formula is C8H12AlN. The van der Waals surface area contributed by atoms with Crippen LogP contribution in [0.25, 0.3) is 0 Å². The molecule has 52 valence electrons. The third-order valence-corrected chi connectivity index (χ3v) is 2.14. The predicted molar refractivity (Wildman–Crippen MR) is 47.5 cm³/mol. The molecule has 1 aromatic rings. The monoisotopic (exact) mass is 149 g/mol. The molecule has 1 rings (SSSR count). The zero-order valence-electron chi connectivity index (χ0n) is 6.46. The Morgan fingerprint density at radius 3 is 2.20 bits per heavy atom. The summed E-state index contributed by atoms with van der Waals surface area (Å²) >= 11 is -0.647. The first-order valence-corrected chi connectivity index (χ1v) is 6.49. The van der Waals surface area contributed by atoms with Crippen LogP contribution in [0.15, 0.2) is 30.3 Å². The molecule has 1 N–H and O–H groups in total. The van der Waals surface area contributed by atoms with E-state index in [-0.39, 0.29) is 0 Å². The highest BCUT2D eigenvalue weighted by atomic mass is 27.2. The minimum Gasteiger partial charge on any atom is -0.476 e. The number of benzene rings is 1. The van der Waals surface area contributed by atoms with E-state index in [2.05, 4.69) is 40.1 Å². The first kappa shape index (κ1) is 7.66. The molecule has 0 fully saturated rings. The molecular weight excluding hydrogens is 137 g/mol. The van der Waals surface area contributed by atoms with Crippen molar-refractivity contribution in [2.75, 3.05) is 4.30 Å². The van der Waals surface area contributed by atoms with E-state index in [1.807, 2.05) is 6.07 Å². The Bertz CT molecular complexity index is 184. The smallest absolute Gasteiger partial charge is 0.404 e. The van der Waals surface area contributed by atoms with Crippen molar-refractivity contribution in [1.29, 1.82) is 0 Å². The number of hydrogen-bond donors (Lipinski definition) is 1. The first-order chi connectivity index (χ1) is 4.79. The van der Waals surface area contributed by atoms with Crippen LogP contribution >= 0.6 is 0 Å². The summed E-state index contributed by atoms with van der Waals surface area (Å²) < 4.78 is 3.44. The lowest BCUT2D eigenvalue weighted by atomic mass is 10.3. The molecule has 0 spiro atoms. The summed E-state index contributed by atoms with van der Waals surface area (Å²) in [7, 11) is 0. The van der Waals surface area contributed by atoms with Crippen molar-refractivity contribution in [3.63, 3.8) is 0 Å². The number of hydrogen-bond acceptors (Lipinski definition) is 1. The minimum absolute atomic E-state index is 0.647. The van der Waals surface area contributed by atoms with E-state index in [9.17, 15) is 0 Å². The van der Waals surface area contributed by atoms with E-state index in [1.165, 1.54) is 5.69 Å². The normalized spacial score (nSPS) is 9.00. The van der Waals surface area contributed by atoms with Gasteiger partial charge in [0.1, 0.15) is 0 Å². The highest BCUT2D eigenvalue weighted by Gasteiger charge is 2.00. The van der Waals surface area contributed by atoms with E-state index < -0.39 is 14.4 Å². The fraction of sp³-hybridized carbons (Fsp3) is 0.250. The Morgan fingerprint density at radius 1 is 1.10 bits per heavy atom. The highest BCUT2D eigenvalue weighted by Crippen LogP contribution is 2.04. The average molecular weight is 149 g/mol. The van der Waals surface area contributed by atoms with Gasteiger partial charge in [-0.3, -0.25) is 0 Å². The van der Waals surface area contributed by atoms with Crippen LogP contribution in [0, 0.1) is 0 Å². The third-order valence-electron chi connectivity index (χ3n) is 1.23. The van der Waals surface area contributed by atoms with Gasteiger partial charge in [0.2, 0.25) is 0 Å². The maximum absolute atomic E-state index is 3.44. The number of nitrogens with one attached hydrogen (secondary N) is 1. The average Bonchev–Trinajstić information content (AvgIpc) is 1.88. The van der Waals surface area contributed by atoms with Crippen LogP contribution in [-0.2, 0) is 0 Å². The molecule has 1 aromatic carbocycles. The van der Waals surface area contributed by atoms with Crippen LogP contribution in [-0.4, -0.2) is 14.4 Å². The van der Waals surface area contributed by atoms with Gasteiger partial charge in [0.05, 0.1) is 0 Å². The van der Waals surface area contributed by atoms with E-state index >= 15 is 0 Å². The van der Waals surface area contributed by atoms with Crippen molar-refractivity contribution >= 4 is 20.1 Å². The molecule has 1 nitrogen and oxygen atoms in total. The van der Waals surface area contributed by atoms with Crippen LogP contribution in [0.4, 0.5) is 5.69 Å². The van der Waals surface area contributed by atoms with Gasteiger partial charge in [0.15, 0.2) is 0 Å². The quantitative estimate of drug-likeness (QED) is 0.636. The van der Waals surface area contributed by atoms with Crippen LogP contribution in [0.5, 0.6) is 0 Å². The molecule has 0 atom stereocenters. The zero-order valence-corrected chi connectivity index (χ0v) is 7.62. The SMILES string of the molecule is [CH3][Al]([CH3])[NH]c1ccccc1. The van der Waals surface area contributed by atoms with Crippen molar-refractivity contribution < 1.29 is 0 Å². The van der Waals surface area contributed by atoms with Gasteiger partial charge < -0.3 is 4.30 Å². The van der Waals surface area contributed by atoms with Crippen LogP contribution in [0.2, 0.25) is 11.6 Å². The molecule has 0 saturated carbocycles. The van der Waals surface area contributed by atoms with Gasteiger partial charge in [-0.25, -0.2) is 0 Å². The maximum Gasteiger partial charge on any atom is 0.404 e. The Morgan fingerprint density at radius 2 is 1.70 bits per heavy atom. The Hall–Kier alpha value is -0.448.